The van der Waals surface area contributed by atoms with E-state index in [0.717, 1.165) is 19.3 Å². The Balaban J connectivity index is 1.73. The molecule has 0 amide bonds. The van der Waals surface area contributed by atoms with Crippen molar-refractivity contribution in [1.82, 2.24) is 0 Å². The van der Waals surface area contributed by atoms with Gasteiger partial charge < -0.3 is 9.47 Å². The summed E-state index contributed by atoms with van der Waals surface area (Å²) in [5.41, 5.74) is 0. The van der Waals surface area contributed by atoms with Crippen LogP contribution in [-0.2, 0) is 14.3 Å². The van der Waals surface area contributed by atoms with Crippen molar-refractivity contribution in [3.05, 3.63) is 12.2 Å². The van der Waals surface area contributed by atoms with Gasteiger partial charge in [0.2, 0.25) is 0 Å². The number of hydrogen-bond acceptors (Lipinski definition) is 4. The lowest BCUT2D eigenvalue weighted by molar-refractivity contribution is -0.145. The zero-order chi connectivity index (χ0) is 11.5. The Hall–Kier alpha value is -1.32. The Morgan fingerprint density at radius 1 is 1.31 bits per heavy atom. The van der Waals surface area contributed by atoms with E-state index in [1.54, 1.807) is 0 Å². The lowest BCUT2D eigenvalue weighted by Gasteiger charge is -2.15. The van der Waals surface area contributed by atoms with E-state index in [0.29, 0.717) is 12.3 Å². The molecular weight excluding hydrogens is 208 g/mol. The first-order chi connectivity index (χ1) is 7.66. The molecule has 1 saturated carbocycles. The molecule has 2 aliphatic rings. The largest absolute Gasteiger partial charge is 0.516 e. The van der Waals surface area contributed by atoms with Crippen LogP contribution in [0.25, 0.3) is 0 Å². The van der Waals surface area contributed by atoms with Gasteiger partial charge in [0.15, 0.2) is 0 Å². The van der Waals surface area contributed by atoms with E-state index in [2.05, 4.69) is 4.74 Å². The summed E-state index contributed by atoms with van der Waals surface area (Å²) in [4.78, 5) is 22.7. The molecule has 0 radical (unpaired) electrons. The van der Waals surface area contributed by atoms with Crippen molar-refractivity contribution >= 4 is 12.1 Å². The topological polar surface area (TPSA) is 52.6 Å². The number of esters is 1. The summed E-state index contributed by atoms with van der Waals surface area (Å²) >= 11 is 0. The zero-order valence-corrected chi connectivity index (χ0v) is 9.35. The minimum Gasteiger partial charge on any atom is -0.430 e. The molecule has 0 N–H and O–H groups in total. The van der Waals surface area contributed by atoms with Crippen LogP contribution in [0, 0.1) is 11.8 Å². The lowest BCUT2D eigenvalue weighted by atomic mass is 9.95. The van der Waals surface area contributed by atoms with Crippen molar-refractivity contribution in [3.8, 4) is 0 Å². The summed E-state index contributed by atoms with van der Waals surface area (Å²) in [7, 11) is 0. The molecule has 16 heavy (non-hydrogen) atoms. The molecule has 0 aromatic rings. The van der Waals surface area contributed by atoms with Gasteiger partial charge >= 0.3 is 12.1 Å². The van der Waals surface area contributed by atoms with Crippen LogP contribution in [-0.4, -0.2) is 18.2 Å². The first-order valence-electron chi connectivity index (χ1n) is 5.74. The van der Waals surface area contributed by atoms with Crippen LogP contribution in [0.1, 0.15) is 32.6 Å². The Kier molecular flexibility index (Phi) is 3.27. The SMILES string of the molecule is CC1CC1OC(=O)OC(=O)C1CC=CCC1. The molecule has 0 spiro atoms. The summed E-state index contributed by atoms with van der Waals surface area (Å²) in [6.45, 7) is 1.99. The van der Waals surface area contributed by atoms with E-state index >= 15 is 0 Å². The highest BCUT2D eigenvalue weighted by Crippen LogP contribution is 2.33. The predicted octanol–water partition coefficient (Wildman–Crippen LogP) is 2.43. The highest BCUT2D eigenvalue weighted by molar-refractivity contribution is 5.83. The molecule has 0 aromatic heterocycles. The van der Waals surface area contributed by atoms with Gasteiger partial charge in [-0.2, -0.15) is 0 Å². The summed E-state index contributed by atoms with van der Waals surface area (Å²) < 4.78 is 9.59. The van der Waals surface area contributed by atoms with Gasteiger partial charge in [-0.15, -0.1) is 0 Å². The maximum Gasteiger partial charge on any atom is 0.516 e. The normalized spacial score (nSPS) is 31.9. The smallest absolute Gasteiger partial charge is 0.430 e. The molecule has 2 aliphatic carbocycles. The standard InChI is InChI=1S/C12H16O4/c1-8-7-10(8)15-12(14)16-11(13)9-5-3-2-4-6-9/h2-3,8-10H,4-7H2,1H3. The van der Waals surface area contributed by atoms with Gasteiger partial charge in [0.05, 0.1) is 5.92 Å². The molecular formula is C12H16O4. The number of hydrogen-bond donors (Lipinski definition) is 0. The highest BCUT2D eigenvalue weighted by atomic mass is 16.7. The first kappa shape index (κ1) is 11.2. The monoisotopic (exact) mass is 224 g/mol. The van der Waals surface area contributed by atoms with Crippen molar-refractivity contribution in [2.45, 2.75) is 38.7 Å². The maximum atomic E-state index is 11.5. The van der Waals surface area contributed by atoms with Crippen molar-refractivity contribution < 1.29 is 19.1 Å². The molecule has 2 rings (SSSR count). The Morgan fingerprint density at radius 3 is 2.62 bits per heavy atom. The third-order valence-corrected chi connectivity index (χ3v) is 3.07. The van der Waals surface area contributed by atoms with Gasteiger partial charge in [0.25, 0.3) is 0 Å². The van der Waals surface area contributed by atoms with E-state index in [4.69, 9.17) is 4.74 Å². The quantitative estimate of drug-likeness (QED) is 0.410. The molecule has 3 atom stereocenters. The molecule has 88 valence electrons. The minimum atomic E-state index is -0.839. The minimum absolute atomic E-state index is 0.0495. The Bertz CT molecular complexity index is 321. The van der Waals surface area contributed by atoms with Gasteiger partial charge in [-0.25, -0.2) is 4.79 Å². The average Bonchev–Trinajstić information content (AvgIpc) is 2.95. The molecule has 0 saturated heterocycles. The van der Waals surface area contributed by atoms with Gasteiger partial charge in [-0.05, 0) is 31.6 Å². The molecule has 3 unspecified atom stereocenters. The van der Waals surface area contributed by atoms with Crippen molar-refractivity contribution in [1.29, 1.82) is 0 Å². The maximum absolute atomic E-state index is 11.5. The fraction of sp³-hybridized carbons (Fsp3) is 0.667. The third kappa shape index (κ3) is 2.84. The van der Waals surface area contributed by atoms with Crippen LogP contribution in [0.5, 0.6) is 0 Å². The van der Waals surface area contributed by atoms with Gasteiger partial charge in [0.1, 0.15) is 6.10 Å². The van der Waals surface area contributed by atoms with Gasteiger partial charge in [-0.1, -0.05) is 19.1 Å². The second kappa shape index (κ2) is 4.68. The van der Waals surface area contributed by atoms with E-state index in [1.165, 1.54) is 0 Å². The summed E-state index contributed by atoms with van der Waals surface area (Å²) in [5, 5.41) is 0. The molecule has 0 heterocycles. The van der Waals surface area contributed by atoms with Crippen molar-refractivity contribution in [2.24, 2.45) is 11.8 Å². The molecule has 1 fully saturated rings. The summed E-state index contributed by atoms with van der Waals surface area (Å²) in [6, 6.07) is 0. The first-order valence-corrected chi connectivity index (χ1v) is 5.74. The van der Waals surface area contributed by atoms with Crippen LogP contribution in [0.15, 0.2) is 12.2 Å². The molecule has 4 heteroatoms. The number of carbonyl (C=O) groups excluding carboxylic acids is 2. The Labute approximate surface area is 94.6 Å². The Morgan fingerprint density at radius 2 is 2.06 bits per heavy atom. The molecule has 0 aromatic carbocycles. The average molecular weight is 224 g/mol. The molecule has 0 bridgehead atoms. The second-order valence-electron chi connectivity index (χ2n) is 4.52. The van der Waals surface area contributed by atoms with E-state index in [1.807, 2.05) is 19.1 Å². The summed E-state index contributed by atoms with van der Waals surface area (Å²) in [5.74, 6) is -0.239. The zero-order valence-electron chi connectivity index (χ0n) is 9.35. The fourth-order valence-corrected chi connectivity index (χ4v) is 1.77. The predicted molar refractivity (Wildman–Crippen MR) is 56.6 cm³/mol. The van der Waals surface area contributed by atoms with Crippen LogP contribution < -0.4 is 0 Å². The van der Waals surface area contributed by atoms with E-state index in [-0.39, 0.29) is 12.0 Å². The summed E-state index contributed by atoms with van der Waals surface area (Å²) in [6.07, 6.45) is 6.25. The number of carbonyl (C=O) groups is 2. The van der Waals surface area contributed by atoms with E-state index < -0.39 is 12.1 Å². The van der Waals surface area contributed by atoms with Crippen LogP contribution >= 0.6 is 0 Å². The fourth-order valence-electron chi connectivity index (χ4n) is 1.77. The van der Waals surface area contributed by atoms with Crippen molar-refractivity contribution in [2.75, 3.05) is 0 Å². The van der Waals surface area contributed by atoms with Gasteiger partial charge in [0, 0.05) is 0 Å². The van der Waals surface area contributed by atoms with Gasteiger partial charge in [-0.3, -0.25) is 4.79 Å². The highest BCUT2D eigenvalue weighted by Gasteiger charge is 2.37. The lowest BCUT2D eigenvalue weighted by Crippen LogP contribution is -2.23. The van der Waals surface area contributed by atoms with E-state index in [9.17, 15) is 9.59 Å². The van der Waals surface area contributed by atoms with Crippen LogP contribution in [0.2, 0.25) is 0 Å². The molecule has 0 aliphatic heterocycles. The number of allylic oxidation sites excluding steroid dienone is 2. The molecule has 4 nitrogen and oxygen atoms in total. The van der Waals surface area contributed by atoms with Crippen molar-refractivity contribution in [3.63, 3.8) is 0 Å². The van der Waals surface area contributed by atoms with Crippen LogP contribution in [0.4, 0.5) is 4.79 Å². The number of rotatable bonds is 2. The second-order valence-corrected chi connectivity index (χ2v) is 4.52. The van der Waals surface area contributed by atoms with Crippen LogP contribution in [0.3, 0.4) is 0 Å². The number of ether oxygens (including phenoxy) is 2. The third-order valence-electron chi connectivity index (χ3n) is 3.07.